The maximum Gasteiger partial charge on any atom is 0.338 e. The van der Waals surface area contributed by atoms with E-state index in [9.17, 15) is 14.4 Å². The summed E-state index contributed by atoms with van der Waals surface area (Å²) in [5, 5.41) is 0. The van der Waals surface area contributed by atoms with E-state index in [0.29, 0.717) is 35.5 Å². The molecule has 0 heterocycles. The van der Waals surface area contributed by atoms with E-state index in [2.05, 4.69) is 13.8 Å². The molecule has 4 fully saturated rings. The maximum absolute atomic E-state index is 13.7. The molecule has 0 aliphatic heterocycles. The summed E-state index contributed by atoms with van der Waals surface area (Å²) >= 11 is 0. The number of carbonyl (C=O) groups is 3. The normalized spacial score (nSPS) is 43.0. The van der Waals surface area contributed by atoms with Crippen molar-refractivity contribution in [2.24, 2.45) is 40.4 Å². The van der Waals surface area contributed by atoms with Gasteiger partial charge in [0.15, 0.2) is 0 Å². The first-order chi connectivity index (χ1) is 15.2. The van der Waals surface area contributed by atoms with E-state index in [4.69, 9.17) is 4.74 Å². The summed E-state index contributed by atoms with van der Waals surface area (Å²) < 4.78 is 5.90. The smallest absolute Gasteiger partial charge is 0.338 e. The standard InChI is InChI=1S/C28H36O4/c1-17(29)22-11-12-23-21-10-9-19-15-20(32-26(31)18-7-5-4-6-8-18)13-14-27(19,2)25(21)24(30)16-28(22,23)3/h4-8,19-23,25H,9-16H2,1-3H3. The number of hydrogen-bond donors (Lipinski definition) is 0. The molecule has 0 spiro atoms. The van der Waals surface area contributed by atoms with Crippen LogP contribution in [0.2, 0.25) is 0 Å². The molecule has 0 saturated heterocycles. The number of benzene rings is 1. The summed E-state index contributed by atoms with van der Waals surface area (Å²) in [5.41, 5.74) is 0.452. The fourth-order valence-corrected chi connectivity index (χ4v) is 8.60. The van der Waals surface area contributed by atoms with Gasteiger partial charge in [0.05, 0.1) is 5.56 Å². The monoisotopic (exact) mass is 436 g/mol. The van der Waals surface area contributed by atoms with Gasteiger partial charge in [-0.15, -0.1) is 0 Å². The summed E-state index contributed by atoms with van der Waals surface area (Å²) in [6, 6.07) is 9.22. The predicted octanol–water partition coefficient (Wildman–Crippen LogP) is 5.64. The third kappa shape index (κ3) is 3.28. The van der Waals surface area contributed by atoms with Crippen LogP contribution >= 0.6 is 0 Å². The maximum atomic E-state index is 13.7. The van der Waals surface area contributed by atoms with Crippen LogP contribution in [0.1, 0.15) is 82.5 Å². The Morgan fingerprint density at radius 2 is 1.72 bits per heavy atom. The first kappa shape index (κ1) is 21.9. The third-order valence-electron chi connectivity index (χ3n) is 10.1. The van der Waals surface area contributed by atoms with Gasteiger partial charge in [-0.05, 0) is 92.6 Å². The Hall–Kier alpha value is -1.97. The molecule has 5 rings (SSSR count). The molecule has 32 heavy (non-hydrogen) atoms. The molecule has 0 radical (unpaired) electrons. The number of hydrogen-bond acceptors (Lipinski definition) is 4. The molecule has 4 saturated carbocycles. The second kappa shape index (κ2) is 7.81. The second-order valence-electron chi connectivity index (χ2n) is 11.6. The van der Waals surface area contributed by atoms with Gasteiger partial charge in [0.2, 0.25) is 0 Å². The largest absolute Gasteiger partial charge is 0.459 e. The fraction of sp³-hybridized carbons (Fsp3) is 0.679. The van der Waals surface area contributed by atoms with Gasteiger partial charge in [-0.3, -0.25) is 9.59 Å². The second-order valence-corrected chi connectivity index (χ2v) is 11.6. The molecule has 8 unspecified atom stereocenters. The van der Waals surface area contributed by atoms with Gasteiger partial charge in [-0.25, -0.2) is 4.79 Å². The topological polar surface area (TPSA) is 60.4 Å². The summed E-state index contributed by atoms with van der Waals surface area (Å²) in [6.45, 7) is 6.27. The van der Waals surface area contributed by atoms with Gasteiger partial charge in [0.25, 0.3) is 0 Å². The lowest BCUT2D eigenvalue weighted by molar-refractivity contribution is -0.162. The van der Waals surface area contributed by atoms with Crippen LogP contribution in [-0.2, 0) is 14.3 Å². The Morgan fingerprint density at radius 1 is 0.969 bits per heavy atom. The highest BCUT2D eigenvalue weighted by molar-refractivity contribution is 5.89. The Kier molecular flexibility index (Phi) is 5.34. The minimum Gasteiger partial charge on any atom is -0.459 e. The van der Waals surface area contributed by atoms with Crippen molar-refractivity contribution >= 4 is 17.5 Å². The van der Waals surface area contributed by atoms with Gasteiger partial charge < -0.3 is 4.74 Å². The Morgan fingerprint density at radius 3 is 2.44 bits per heavy atom. The van der Waals surface area contributed by atoms with E-state index < -0.39 is 0 Å². The van der Waals surface area contributed by atoms with E-state index in [1.807, 2.05) is 18.2 Å². The molecule has 4 aliphatic rings. The number of ketones is 2. The fourth-order valence-electron chi connectivity index (χ4n) is 8.60. The predicted molar refractivity (Wildman–Crippen MR) is 122 cm³/mol. The average Bonchev–Trinajstić information content (AvgIpc) is 3.11. The highest BCUT2D eigenvalue weighted by Gasteiger charge is 2.63. The Balaban J connectivity index is 1.33. The van der Waals surface area contributed by atoms with Crippen LogP contribution in [0.4, 0.5) is 0 Å². The molecule has 1 aromatic carbocycles. The summed E-state index contributed by atoms with van der Waals surface area (Å²) in [6.07, 6.45) is 7.36. The minimum absolute atomic E-state index is 0.00864. The Bertz CT molecular complexity index is 923. The molecular formula is C28H36O4. The van der Waals surface area contributed by atoms with Gasteiger partial charge in [-0.1, -0.05) is 32.0 Å². The zero-order valence-electron chi connectivity index (χ0n) is 19.6. The third-order valence-corrected chi connectivity index (χ3v) is 10.1. The molecule has 4 nitrogen and oxygen atoms in total. The molecule has 4 aliphatic carbocycles. The van der Waals surface area contributed by atoms with Crippen LogP contribution in [0.5, 0.6) is 0 Å². The van der Waals surface area contributed by atoms with E-state index >= 15 is 0 Å². The van der Waals surface area contributed by atoms with Crippen molar-refractivity contribution in [2.45, 2.75) is 78.2 Å². The first-order valence-electron chi connectivity index (χ1n) is 12.5. The number of fused-ring (bicyclic) bond motifs is 5. The van der Waals surface area contributed by atoms with E-state index in [1.165, 1.54) is 0 Å². The summed E-state index contributed by atoms with van der Waals surface area (Å²) in [7, 11) is 0. The number of esters is 1. The molecule has 0 amide bonds. The van der Waals surface area contributed by atoms with E-state index in [-0.39, 0.29) is 40.5 Å². The lowest BCUT2D eigenvalue weighted by Gasteiger charge is -2.59. The van der Waals surface area contributed by atoms with Crippen LogP contribution in [-0.4, -0.2) is 23.6 Å². The molecule has 0 aromatic heterocycles. The van der Waals surface area contributed by atoms with Gasteiger partial charge in [0.1, 0.15) is 17.7 Å². The molecule has 4 heteroatoms. The van der Waals surface area contributed by atoms with Crippen molar-refractivity contribution < 1.29 is 19.1 Å². The quantitative estimate of drug-likeness (QED) is 0.576. The minimum atomic E-state index is -0.237. The van der Waals surface area contributed by atoms with Gasteiger partial charge >= 0.3 is 5.97 Å². The van der Waals surface area contributed by atoms with Gasteiger partial charge in [0, 0.05) is 18.3 Å². The highest BCUT2D eigenvalue weighted by atomic mass is 16.5. The van der Waals surface area contributed by atoms with Crippen molar-refractivity contribution in [2.75, 3.05) is 0 Å². The number of ether oxygens (including phenoxy) is 1. The molecule has 1 aromatic rings. The van der Waals surface area contributed by atoms with E-state index in [0.717, 1.165) is 44.9 Å². The molecular weight excluding hydrogens is 400 g/mol. The first-order valence-corrected chi connectivity index (χ1v) is 12.5. The van der Waals surface area contributed by atoms with Crippen molar-refractivity contribution in [3.05, 3.63) is 35.9 Å². The van der Waals surface area contributed by atoms with Crippen LogP contribution in [0.25, 0.3) is 0 Å². The van der Waals surface area contributed by atoms with Crippen molar-refractivity contribution in [1.82, 2.24) is 0 Å². The number of carbonyl (C=O) groups excluding carboxylic acids is 3. The summed E-state index contributed by atoms with van der Waals surface area (Å²) in [4.78, 5) is 38.6. The SMILES string of the molecule is CC(=O)C1CCC2C3CCC4CC(OC(=O)c5ccccc5)CCC4(C)C3C(=O)CC12C. The number of Topliss-reactive ketones (excluding diaryl/α,β-unsaturated/α-hetero) is 2. The van der Waals surface area contributed by atoms with Crippen LogP contribution in [0, 0.1) is 40.4 Å². The zero-order chi connectivity index (χ0) is 22.7. The number of rotatable bonds is 3. The molecule has 0 bridgehead atoms. The van der Waals surface area contributed by atoms with Crippen molar-refractivity contribution in [3.8, 4) is 0 Å². The summed E-state index contributed by atoms with van der Waals surface area (Å²) in [5.74, 6) is 1.91. The Labute approximate surface area is 191 Å². The molecule has 172 valence electrons. The van der Waals surface area contributed by atoms with Gasteiger partial charge in [-0.2, -0.15) is 0 Å². The van der Waals surface area contributed by atoms with Crippen molar-refractivity contribution in [3.63, 3.8) is 0 Å². The molecule has 0 N–H and O–H groups in total. The van der Waals surface area contributed by atoms with Crippen LogP contribution < -0.4 is 0 Å². The van der Waals surface area contributed by atoms with Crippen LogP contribution in [0.15, 0.2) is 30.3 Å². The highest BCUT2D eigenvalue weighted by Crippen LogP contribution is 2.66. The average molecular weight is 437 g/mol. The lowest BCUT2D eigenvalue weighted by Crippen LogP contribution is -2.58. The van der Waals surface area contributed by atoms with E-state index in [1.54, 1.807) is 19.1 Å². The lowest BCUT2D eigenvalue weighted by atomic mass is 9.44. The van der Waals surface area contributed by atoms with Crippen molar-refractivity contribution in [1.29, 1.82) is 0 Å². The van der Waals surface area contributed by atoms with Crippen LogP contribution in [0.3, 0.4) is 0 Å². The zero-order valence-corrected chi connectivity index (χ0v) is 19.6. The molecule has 8 atom stereocenters.